The summed E-state index contributed by atoms with van der Waals surface area (Å²) < 4.78 is 37.5. The molecule has 0 amide bonds. The van der Waals surface area contributed by atoms with Gasteiger partial charge in [0.05, 0.1) is 17.0 Å². The SMILES string of the molecule is CCS(=O)(=O)Nc1cc(F)c(C(=O)O)cc1O. The largest absolute Gasteiger partial charge is 0.506 e. The maximum Gasteiger partial charge on any atom is 0.338 e. The zero-order valence-corrected chi connectivity index (χ0v) is 9.58. The van der Waals surface area contributed by atoms with Crippen molar-refractivity contribution >= 4 is 21.7 Å². The van der Waals surface area contributed by atoms with Gasteiger partial charge in [-0.15, -0.1) is 0 Å². The smallest absolute Gasteiger partial charge is 0.338 e. The van der Waals surface area contributed by atoms with Gasteiger partial charge in [-0.25, -0.2) is 17.6 Å². The van der Waals surface area contributed by atoms with Crippen molar-refractivity contribution in [3.05, 3.63) is 23.5 Å². The zero-order valence-electron chi connectivity index (χ0n) is 8.77. The van der Waals surface area contributed by atoms with E-state index < -0.39 is 38.8 Å². The van der Waals surface area contributed by atoms with Gasteiger partial charge >= 0.3 is 5.97 Å². The topological polar surface area (TPSA) is 104 Å². The number of aromatic hydroxyl groups is 1. The molecule has 1 aromatic rings. The number of rotatable bonds is 4. The maximum atomic E-state index is 13.2. The standard InChI is InChI=1S/C9H10FNO5S/c1-2-17(15,16)11-7-4-6(10)5(9(13)14)3-8(7)12/h3-4,11-12H,2H2,1H3,(H,13,14). The molecule has 8 heteroatoms. The van der Waals surface area contributed by atoms with Crippen LogP contribution in [0.15, 0.2) is 12.1 Å². The van der Waals surface area contributed by atoms with Crippen LogP contribution in [0.25, 0.3) is 0 Å². The summed E-state index contributed by atoms with van der Waals surface area (Å²) in [5.74, 6) is -3.60. The van der Waals surface area contributed by atoms with Gasteiger partial charge in [-0.05, 0) is 13.0 Å². The molecule has 0 saturated heterocycles. The summed E-state index contributed by atoms with van der Waals surface area (Å²) in [5, 5.41) is 17.9. The van der Waals surface area contributed by atoms with Crippen molar-refractivity contribution in [2.24, 2.45) is 0 Å². The normalized spacial score (nSPS) is 11.2. The Hall–Kier alpha value is -1.83. The molecule has 0 aliphatic heterocycles. The highest BCUT2D eigenvalue weighted by molar-refractivity contribution is 7.92. The highest BCUT2D eigenvalue weighted by Gasteiger charge is 2.17. The van der Waals surface area contributed by atoms with Crippen LogP contribution in [0.1, 0.15) is 17.3 Å². The van der Waals surface area contributed by atoms with E-state index in [-0.39, 0.29) is 5.75 Å². The van der Waals surface area contributed by atoms with Crippen LogP contribution >= 0.6 is 0 Å². The third-order valence-corrected chi connectivity index (χ3v) is 3.25. The minimum atomic E-state index is -3.67. The van der Waals surface area contributed by atoms with E-state index in [1.807, 2.05) is 4.72 Å². The molecule has 0 fully saturated rings. The number of anilines is 1. The number of hydrogen-bond acceptors (Lipinski definition) is 4. The van der Waals surface area contributed by atoms with Crippen LogP contribution in [0, 0.1) is 5.82 Å². The molecule has 1 rings (SSSR count). The lowest BCUT2D eigenvalue weighted by atomic mass is 10.2. The molecule has 0 spiro atoms. The minimum absolute atomic E-state index is 0.255. The van der Waals surface area contributed by atoms with Crippen molar-refractivity contribution in [1.29, 1.82) is 0 Å². The van der Waals surface area contributed by atoms with E-state index in [0.717, 1.165) is 0 Å². The molecular formula is C9H10FNO5S. The monoisotopic (exact) mass is 263 g/mol. The van der Waals surface area contributed by atoms with Crippen molar-refractivity contribution in [3.8, 4) is 5.75 Å². The van der Waals surface area contributed by atoms with Crippen LogP contribution in [0.3, 0.4) is 0 Å². The summed E-state index contributed by atoms with van der Waals surface area (Å²) in [5.41, 5.74) is -1.13. The fourth-order valence-corrected chi connectivity index (χ4v) is 1.69. The Morgan fingerprint density at radius 3 is 2.53 bits per heavy atom. The lowest BCUT2D eigenvalue weighted by molar-refractivity contribution is 0.0691. The second kappa shape index (κ2) is 4.58. The molecule has 0 aromatic heterocycles. The van der Waals surface area contributed by atoms with Crippen LogP contribution in [0.4, 0.5) is 10.1 Å². The second-order valence-corrected chi connectivity index (χ2v) is 5.17. The number of hydrogen-bond donors (Lipinski definition) is 3. The maximum absolute atomic E-state index is 13.2. The Balaban J connectivity index is 3.21. The van der Waals surface area contributed by atoms with Gasteiger partial charge in [-0.3, -0.25) is 4.72 Å². The number of carboxylic acid groups (broad SMARTS) is 1. The van der Waals surface area contributed by atoms with Gasteiger partial charge in [-0.1, -0.05) is 0 Å². The van der Waals surface area contributed by atoms with Crippen molar-refractivity contribution < 1.29 is 27.8 Å². The molecule has 0 unspecified atom stereocenters. The molecule has 17 heavy (non-hydrogen) atoms. The first kappa shape index (κ1) is 13.2. The highest BCUT2D eigenvalue weighted by Crippen LogP contribution is 2.27. The lowest BCUT2D eigenvalue weighted by Gasteiger charge is -2.09. The van der Waals surface area contributed by atoms with Gasteiger partial charge in [0.1, 0.15) is 11.6 Å². The first-order valence-electron chi connectivity index (χ1n) is 4.53. The average molecular weight is 263 g/mol. The van der Waals surface area contributed by atoms with E-state index in [0.29, 0.717) is 12.1 Å². The average Bonchev–Trinajstić information content (AvgIpc) is 2.22. The summed E-state index contributed by atoms with van der Waals surface area (Å²) in [6, 6.07) is 1.26. The fourth-order valence-electron chi connectivity index (χ4n) is 1.05. The van der Waals surface area contributed by atoms with Gasteiger partial charge in [0.2, 0.25) is 10.0 Å². The minimum Gasteiger partial charge on any atom is -0.506 e. The predicted molar refractivity (Wildman–Crippen MR) is 58.1 cm³/mol. The zero-order chi connectivity index (χ0) is 13.2. The molecule has 0 bridgehead atoms. The number of benzene rings is 1. The Morgan fingerprint density at radius 1 is 1.47 bits per heavy atom. The van der Waals surface area contributed by atoms with Gasteiger partial charge in [0.25, 0.3) is 0 Å². The number of halogens is 1. The van der Waals surface area contributed by atoms with E-state index in [9.17, 15) is 22.7 Å². The number of carboxylic acids is 1. The molecule has 0 aliphatic rings. The van der Waals surface area contributed by atoms with Crippen LogP contribution in [0.5, 0.6) is 5.75 Å². The Morgan fingerprint density at radius 2 is 2.06 bits per heavy atom. The molecule has 0 radical (unpaired) electrons. The predicted octanol–water partition coefficient (Wildman–Crippen LogP) is 0.991. The molecular weight excluding hydrogens is 253 g/mol. The third-order valence-electron chi connectivity index (χ3n) is 1.96. The first-order chi connectivity index (χ1) is 7.76. The van der Waals surface area contributed by atoms with Crippen molar-refractivity contribution in [3.63, 3.8) is 0 Å². The van der Waals surface area contributed by atoms with E-state index in [1.165, 1.54) is 6.92 Å². The summed E-state index contributed by atoms with van der Waals surface area (Å²) in [6.07, 6.45) is 0. The molecule has 3 N–H and O–H groups in total. The van der Waals surface area contributed by atoms with Crippen molar-refractivity contribution in [1.82, 2.24) is 0 Å². The van der Waals surface area contributed by atoms with E-state index in [4.69, 9.17) is 5.11 Å². The number of nitrogens with one attached hydrogen (secondary N) is 1. The van der Waals surface area contributed by atoms with Gasteiger partial charge in [0, 0.05) is 6.07 Å². The summed E-state index contributed by atoms with van der Waals surface area (Å²) in [4.78, 5) is 10.5. The van der Waals surface area contributed by atoms with Gasteiger partial charge in [-0.2, -0.15) is 0 Å². The molecule has 6 nitrogen and oxygen atoms in total. The highest BCUT2D eigenvalue weighted by atomic mass is 32.2. The van der Waals surface area contributed by atoms with Crippen LogP contribution in [0.2, 0.25) is 0 Å². The molecule has 0 atom stereocenters. The van der Waals surface area contributed by atoms with E-state index in [1.54, 1.807) is 0 Å². The van der Waals surface area contributed by atoms with Crippen molar-refractivity contribution in [2.75, 3.05) is 10.5 Å². The number of sulfonamides is 1. The molecule has 94 valence electrons. The second-order valence-electron chi connectivity index (χ2n) is 3.16. The Kier molecular flexibility index (Phi) is 3.56. The summed E-state index contributed by atoms with van der Waals surface area (Å²) in [7, 11) is -3.67. The lowest BCUT2D eigenvalue weighted by Crippen LogP contribution is -2.15. The van der Waals surface area contributed by atoms with E-state index >= 15 is 0 Å². The third kappa shape index (κ3) is 3.06. The quantitative estimate of drug-likeness (QED) is 0.703. The fraction of sp³-hybridized carbons (Fsp3) is 0.222. The van der Waals surface area contributed by atoms with Crippen LogP contribution in [-0.2, 0) is 10.0 Å². The molecule has 0 aliphatic carbocycles. The first-order valence-corrected chi connectivity index (χ1v) is 6.18. The molecule has 1 aromatic carbocycles. The van der Waals surface area contributed by atoms with Crippen LogP contribution in [-0.4, -0.2) is 30.4 Å². The van der Waals surface area contributed by atoms with Gasteiger partial charge in [0.15, 0.2) is 0 Å². The number of phenolic OH excluding ortho intramolecular Hbond substituents is 1. The molecule has 0 heterocycles. The summed E-state index contributed by atoms with van der Waals surface area (Å²) >= 11 is 0. The van der Waals surface area contributed by atoms with Crippen molar-refractivity contribution in [2.45, 2.75) is 6.92 Å². The Labute approximate surface area is 96.8 Å². The molecule has 0 saturated carbocycles. The van der Waals surface area contributed by atoms with Gasteiger partial charge < -0.3 is 10.2 Å². The van der Waals surface area contributed by atoms with E-state index in [2.05, 4.69) is 0 Å². The number of carbonyl (C=O) groups is 1. The Bertz CT molecular complexity index is 555. The number of phenols is 1. The van der Waals surface area contributed by atoms with Crippen LogP contribution < -0.4 is 4.72 Å². The summed E-state index contributed by atoms with van der Waals surface area (Å²) in [6.45, 7) is 1.36. The number of aromatic carboxylic acids is 1.